The molecule has 1 aliphatic rings. The van der Waals surface area contributed by atoms with Crippen LogP contribution in [0.5, 0.6) is 0 Å². The molecule has 0 spiro atoms. The van der Waals surface area contributed by atoms with Gasteiger partial charge in [-0.15, -0.1) is 0 Å². The van der Waals surface area contributed by atoms with Crippen LogP contribution in [-0.4, -0.2) is 4.57 Å². The number of para-hydroxylation sites is 4. The fourth-order valence-corrected chi connectivity index (χ4v) is 9.42. The lowest BCUT2D eigenvalue weighted by Gasteiger charge is -2.30. The number of hydrogen-bond acceptors (Lipinski definition) is 1. The minimum Gasteiger partial charge on any atom is -0.310 e. The van der Waals surface area contributed by atoms with Crippen LogP contribution in [-0.2, 0) is 5.41 Å². The number of nitrogens with zero attached hydrogens (tertiary/aromatic N) is 2. The Bertz CT molecular complexity index is 3110. The molecule has 1 aromatic heterocycles. The van der Waals surface area contributed by atoms with Gasteiger partial charge >= 0.3 is 0 Å². The highest BCUT2D eigenvalue weighted by Crippen LogP contribution is 2.51. The first-order valence-electron chi connectivity index (χ1n) is 19.9. The number of benzene rings is 9. The summed E-state index contributed by atoms with van der Waals surface area (Å²) in [6.45, 7) is 4.72. The number of aromatic nitrogens is 1. The quantitative estimate of drug-likeness (QED) is 0.165. The third kappa shape index (κ3) is 5.25. The van der Waals surface area contributed by atoms with Crippen molar-refractivity contribution < 1.29 is 0 Å². The molecule has 0 aliphatic heterocycles. The Kier molecular flexibility index (Phi) is 7.55. The maximum atomic E-state index is 2.45. The van der Waals surface area contributed by atoms with Gasteiger partial charge in [-0.3, -0.25) is 0 Å². The molecule has 2 nitrogen and oxygen atoms in total. The first-order chi connectivity index (χ1) is 28.0. The minimum absolute atomic E-state index is 0.119. The Balaban J connectivity index is 1.15. The number of rotatable bonds is 6. The summed E-state index contributed by atoms with van der Waals surface area (Å²) in [4.78, 5) is 2.45. The van der Waals surface area contributed by atoms with E-state index < -0.39 is 0 Å². The van der Waals surface area contributed by atoms with Crippen molar-refractivity contribution >= 4 is 49.6 Å². The summed E-state index contributed by atoms with van der Waals surface area (Å²) in [6.07, 6.45) is 0. The molecule has 9 aromatic carbocycles. The second-order valence-corrected chi connectivity index (χ2v) is 15.8. The maximum absolute atomic E-state index is 2.45. The van der Waals surface area contributed by atoms with Crippen molar-refractivity contribution in [3.05, 3.63) is 217 Å². The van der Waals surface area contributed by atoms with E-state index in [0.717, 1.165) is 28.3 Å². The lowest BCUT2D eigenvalue weighted by Crippen LogP contribution is -2.16. The Morgan fingerprint density at radius 2 is 0.982 bits per heavy atom. The van der Waals surface area contributed by atoms with Crippen LogP contribution in [0.4, 0.5) is 17.1 Å². The van der Waals surface area contributed by atoms with Crippen LogP contribution in [0.1, 0.15) is 25.0 Å². The summed E-state index contributed by atoms with van der Waals surface area (Å²) < 4.78 is 2.43. The van der Waals surface area contributed by atoms with Crippen LogP contribution in [0.15, 0.2) is 206 Å². The number of anilines is 3. The molecule has 0 amide bonds. The third-order valence-electron chi connectivity index (χ3n) is 12.2. The molecule has 1 aliphatic carbocycles. The highest BCUT2D eigenvalue weighted by molar-refractivity contribution is 6.10. The van der Waals surface area contributed by atoms with Crippen LogP contribution < -0.4 is 4.90 Å². The van der Waals surface area contributed by atoms with Gasteiger partial charge in [0, 0.05) is 38.7 Å². The molecule has 0 saturated heterocycles. The Labute approximate surface area is 333 Å². The van der Waals surface area contributed by atoms with Gasteiger partial charge in [-0.25, -0.2) is 0 Å². The monoisotopic (exact) mass is 728 g/mol. The molecular weight excluding hydrogens is 689 g/mol. The first-order valence-corrected chi connectivity index (χ1v) is 19.9. The van der Waals surface area contributed by atoms with E-state index in [-0.39, 0.29) is 5.41 Å². The Morgan fingerprint density at radius 3 is 1.77 bits per heavy atom. The van der Waals surface area contributed by atoms with Gasteiger partial charge in [0.2, 0.25) is 0 Å². The lowest BCUT2D eigenvalue weighted by molar-refractivity contribution is 0.660. The van der Waals surface area contributed by atoms with Crippen LogP contribution in [0.2, 0.25) is 0 Å². The van der Waals surface area contributed by atoms with Crippen molar-refractivity contribution in [2.45, 2.75) is 19.3 Å². The third-order valence-corrected chi connectivity index (χ3v) is 12.2. The largest absolute Gasteiger partial charge is 0.310 e. The molecule has 2 heteroatoms. The molecule has 0 bridgehead atoms. The van der Waals surface area contributed by atoms with Crippen molar-refractivity contribution in [2.75, 3.05) is 4.90 Å². The molecule has 270 valence electrons. The van der Waals surface area contributed by atoms with Crippen molar-refractivity contribution in [3.63, 3.8) is 0 Å². The van der Waals surface area contributed by atoms with Gasteiger partial charge in [0.1, 0.15) is 0 Å². The van der Waals surface area contributed by atoms with E-state index in [2.05, 4.69) is 230 Å². The summed E-state index contributed by atoms with van der Waals surface area (Å²) in [7, 11) is 0. The fraction of sp³-hybridized carbons (Fsp3) is 0.0545. The zero-order valence-corrected chi connectivity index (χ0v) is 32.0. The molecule has 0 radical (unpaired) electrons. The summed E-state index contributed by atoms with van der Waals surface area (Å²) in [6, 6.07) is 75.8. The van der Waals surface area contributed by atoms with E-state index in [0.29, 0.717) is 0 Å². The van der Waals surface area contributed by atoms with Crippen LogP contribution in [0, 0.1) is 0 Å². The zero-order valence-electron chi connectivity index (χ0n) is 32.0. The smallest absolute Gasteiger partial charge is 0.0541 e. The van der Waals surface area contributed by atoms with Crippen LogP contribution >= 0.6 is 0 Å². The van der Waals surface area contributed by atoms with E-state index in [1.807, 2.05) is 0 Å². The van der Waals surface area contributed by atoms with Gasteiger partial charge in [0.25, 0.3) is 0 Å². The summed E-state index contributed by atoms with van der Waals surface area (Å²) in [5, 5.41) is 4.97. The molecular formula is C55H40N2. The average molecular weight is 729 g/mol. The standard InChI is InChI=1S/C55H40N2/c1-55(2)49-24-12-8-21-44(49)45-32-31-42(36-50(45)55)56(41-18-4-3-5-19-41)54-33-30-40(35-48(54)39-29-28-37-16-6-7-17-38(37)34-39)43-20-9-13-25-51(43)57-52-26-14-10-22-46(52)47-23-11-15-27-53(47)57/h3-36H,1-2H3. The SMILES string of the molecule is CC1(C)c2ccccc2-c2ccc(N(c3ccccc3)c3ccc(-c4ccccc4-n4c5ccccc5c5ccccc54)cc3-c3ccc4ccccc4c3)cc21. The number of fused-ring (bicyclic) bond motifs is 7. The summed E-state index contributed by atoms with van der Waals surface area (Å²) in [5.41, 5.74) is 16.9. The molecule has 0 N–H and O–H groups in total. The van der Waals surface area contributed by atoms with Crippen molar-refractivity contribution in [1.82, 2.24) is 4.57 Å². The fourth-order valence-electron chi connectivity index (χ4n) is 9.42. The molecule has 11 rings (SSSR count). The second kappa shape index (κ2) is 13.0. The van der Waals surface area contributed by atoms with Crippen LogP contribution in [0.25, 0.3) is 71.6 Å². The van der Waals surface area contributed by atoms with Gasteiger partial charge in [0.05, 0.1) is 22.4 Å². The molecule has 0 saturated carbocycles. The van der Waals surface area contributed by atoms with Gasteiger partial charge in [-0.2, -0.15) is 0 Å². The highest BCUT2D eigenvalue weighted by atomic mass is 15.1. The van der Waals surface area contributed by atoms with E-state index >= 15 is 0 Å². The Morgan fingerprint density at radius 1 is 0.386 bits per heavy atom. The van der Waals surface area contributed by atoms with Gasteiger partial charge < -0.3 is 9.47 Å². The summed E-state index contributed by atoms with van der Waals surface area (Å²) >= 11 is 0. The Hall–Kier alpha value is -7.16. The van der Waals surface area contributed by atoms with Crippen molar-refractivity contribution in [2.24, 2.45) is 0 Å². The van der Waals surface area contributed by atoms with E-state index in [1.54, 1.807) is 0 Å². The lowest BCUT2D eigenvalue weighted by atomic mass is 9.82. The highest BCUT2D eigenvalue weighted by Gasteiger charge is 2.36. The van der Waals surface area contributed by atoms with Gasteiger partial charge in [0.15, 0.2) is 0 Å². The normalized spacial score (nSPS) is 12.9. The van der Waals surface area contributed by atoms with E-state index in [4.69, 9.17) is 0 Å². The van der Waals surface area contributed by atoms with Gasteiger partial charge in [-0.1, -0.05) is 159 Å². The predicted octanol–water partition coefficient (Wildman–Crippen LogP) is 15.0. The summed E-state index contributed by atoms with van der Waals surface area (Å²) in [5.74, 6) is 0. The molecule has 10 aromatic rings. The zero-order chi connectivity index (χ0) is 38.1. The topological polar surface area (TPSA) is 8.17 Å². The molecule has 57 heavy (non-hydrogen) atoms. The predicted molar refractivity (Wildman–Crippen MR) is 241 cm³/mol. The van der Waals surface area contributed by atoms with Crippen molar-refractivity contribution in [1.29, 1.82) is 0 Å². The van der Waals surface area contributed by atoms with Crippen LogP contribution in [0.3, 0.4) is 0 Å². The molecule has 0 unspecified atom stereocenters. The van der Waals surface area contributed by atoms with E-state index in [1.165, 1.54) is 71.5 Å². The van der Waals surface area contributed by atoms with Gasteiger partial charge in [-0.05, 0) is 105 Å². The molecule has 1 heterocycles. The molecule has 0 fully saturated rings. The first kappa shape index (κ1) is 33.2. The van der Waals surface area contributed by atoms with E-state index in [9.17, 15) is 0 Å². The second-order valence-electron chi connectivity index (χ2n) is 15.8. The minimum atomic E-state index is -0.119. The average Bonchev–Trinajstić information content (AvgIpc) is 3.72. The van der Waals surface area contributed by atoms with Crippen molar-refractivity contribution in [3.8, 4) is 39.1 Å². The molecule has 0 atom stereocenters. The number of hydrogen-bond donors (Lipinski definition) is 0. The maximum Gasteiger partial charge on any atom is 0.0541 e.